The number of halogens is 3. The van der Waals surface area contributed by atoms with Crippen LogP contribution in [0.4, 0.5) is 13.2 Å². The number of carbonyl (C=O) groups excluding carboxylic acids is 1. The van der Waals surface area contributed by atoms with E-state index in [1.807, 2.05) is 19.1 Å². The molecule has 1 aliphatic heterocycles. The summed E-state index contributed by atoms with van der Waals surface area (Å²) < 4.78 is 51.7. The minimum Gasteiger partial charge on any atom is -0.493 e. The summed E-state index contributed by atoms with van der Waals surface area (Å²) in [6.07, 6.45) is -2.04. The molecule has 1 amide bonds. The van der Waals surface area contributed by atoms with E-state index < -0.39 is 11.7 Å². The molecule has 32 heavy (non-hydrogen) atoms. The summed E-state index contributed by atoms with van der Waals surface area (Å²) in [5, 5.41) is 8.11. The van der Waals surface area contributed by atoms with E-state index in [2.05, 4.69) is 10.2 Å². The van der Waals surface area contributed by atoms with Crippen LogP contribution in [0.1, 0.15) is 35.7 Å². The van der Waals surface area contributed by atoms with Gasteiger partial charge in [-0.2, -0.15) is 13.2 Å². The lowest BCUT2D eigenvalue weighted by Gasteiger charge is -2.32. The van der Waals surface area contributed by atoms with E-state index in [-0.39, 0.29) is 18.4 Å². The minimum atomic E-state index is -4.46. The van der Waals surface area contributed by atoms with Gasteiger partial charge >= 0.3 is 6.18 Å². The third-order valence-electron chi connectivity index (χ3n) is 5.57. The molecule has 1 saturated heterocycles. The van der Waals surface area contributed by atoms with Gasteiger partial charge in [0.1, 0.15) is 5.82 Å². The predicted molar refractivity (Wildman–Crippen MR) is 110 cm³/mol. The van der Waals surface area contributed by atoms with Crippen molar-refractivity contribution in [3.63, 3.8) is 0 Å². The quantitative estimate of drug-likeness (QED) is 0.593. The number of ether oxygens (including phenoxy) is 2. The second-order valence-corrected chi connectivity index (χ2v) is 7.82. The molecule has 1 unspecified atom stereocenters. The molecule has 3 aromatic rings. The summed E-state index contributed by atoms with van der Waals surface area (Å²) in [6.45, 7) is 2.65. The average Bonchev–Trinajstić information content (AvgIpc) is 3.21. The molecule has 1 aromatic carbocycles. The van der Waals surface area contributed by atoms with E-state index in [4.69, 9.17) is 9.47 Å². The number of carbonyl (C=O) groups is 1. The summed E-state index contributed by atoms with van der Waals surface area (Å²) >= 11 is 0. The zero-order valence-electron chi connectivity index (χ0n) is 17.7. The normalized spacial score (nSPS) is 16.9. The van der Waals surface area contributed by atoms with Gasteiger partial charge < -0.3 is 14.4 Å². The summed E-state index contributed by atoms with van der Waals surface area (Å²) in [6, 6.07) is 7.73. The Hall–Kier alpha value is -3.30. The predicted octanol–water partition coefficient (Wildman–Crippen LogP) is 3.85. The van der Waals surface area contributed by atoms with Crippen LogP contribution in [0.5, 0.6) is 11.5 Å². The Labute approximate surface area is 182 Å². The van der Waals surface area contributed by atoms with Crippen molar-refractivity contribution in [2.45, 2.75) is 31.9 Å². The van der Waals surface area contributed by atoms with Crippen LogP contribution in [0.3, 0.4) is 0 Å². The smallest absolute Gasteiger partial charge is 0.417 e. The minimum absolute atomic E-state index is 0.162. The monoisotopic (exact) mass is 448 g/mol. The first-order valence-electron chi connectivity index (χ1n) is 10.2. The number of rotatable bonds is 5. The highest BCUT2D eigenvalue weighted by Gasteiger charge is 2.33. The van der Waals surface area contributed by atoms with Crippen molar-refractivity contribution in [3.8, 4) is 11.5 Å². The number of nitrogens with zero attached hydrogens (tertiary/aromatic N) is 4. The summed E-state index contributed by atoms with van der Waals surface area (Å²) in [5.74, 6) is 1.01. The number of aryl methyl sites for hydroxylation is 1. The Morgan fingerprint density at radius 2 is 2.00 bits per heavy atom. The lowest BCUT2D eigenvalue weighted by atomic mass is 9.97. The van der Waals surface area contributed by atoms with E-state index in [0.717, 1.165) is 17.8 Å². The van der Waals surface area contributed by atoms with Gasteiger partial charge in [-0.15, -0.1) is 10.2 Å². The number of aromatic nitrogens is 3. The fourth-order valence-corrected chi connectivity index (χ4v) is 3.89. The molecule has 4 rings (SSSR count). The van der Waals surface area contributed by atoms with E-state index in [0.29, 0.717) is 48.9 Å². The van der Waals surface area contributed by atoms with Crippen LogP contribution < -0.4 is 9.47 Å². The van der Waals surface area contributed by atoms with Crippen molar-refractivity contribution in [1.29, 1.82) is 0 Å². The molecular formula is C22H23F3N4O3. The van der Waals surface area contributed by atoms with Crippen LogP contribution >= 0.6 is 0 Å². The van der Waals surface area contributed by atoms with Crippen LogP contribution in [-0.2, 0) is 11.0 Å². The van der Waals surface area contributed by atoms with Gasteiger partial charge in [0, 0.05) is 25.2 Å². The molecule has 0 bridgehead atoms. The Balaban J connectivity index is 1.47. The van der Waals surface area contributed by atoms with Gasteiger partial charge in [0.15, 0.2) is 23.8 Å². The zero-order chi connectivity index (χ0) is 22.9. The molecule has 3 heterocycles. The van der Waals surface area contributed by atoms with Gasteiger partial charge in [0.2, 0.25) is 0 Å². The van der Waals surface area contributed by atoms with Gasteiger partial charge in [-0.05, 0) is 49.6 Å². The first-order chi connectivity index (χ1) is 15.3. The Morgan fingerprint density at radius 1 is 1.19 bits per heavy atom. The molecule has 1 aliphatic rings. The fraction of sp³-hybridized carbons (Fsp3) is 0.409. The zero-order valence-corrected chi connectivity index (χ0v) is 17.7. The van der Waals surface area contributed by atoms with Crippen LogP contribution in [0.15, 0.2) is 36.5 Å². The van der Waals surface area contributed by atoms with Crippen molar-refractivity contribution in [1.82, 2.24) is 19.5 Å². The largest absolute Gasteiger partial charge is 0.493 e. The van der Waals surface area contributed by atoms with Crippen molar-refractivity contribution in [3.05, 3.63) is 53.5 Å². The number of benzene rings is 1. The number of pyridine rings is 1. The van der Waals surface area contributed by atoms with Crippen molar-refractivity contribution < 1.29 is 27.4 Å². The molecule has 0 saturated carbocycles. The lowest BCUT2D eigenvalue weighted by molar-refractivity contribution is -0.138. The van der Waals surface area contributed by atoms with Gasteiger partial charge in [0.25, 0.3) is 5.91 Å². The summed E-state index contributed by atoms with van der Waals surface area (Å²) in [5.41, 5.74) is 0.579. The van der Waals surface area contributed by atoms with Crippen LogP contribution in [0.25, 0.3) is 5.65 Å². The molecular weight excluding hydrogens is 425 g/mol. The molecule has 2 aromatic heterocycles. The fourth-order valence-electron chi connectivity index (χ4n) is 3.89. The number of likely N-dealkylation sites (tertiary alicyclic amines) is 1. The van der Waals surface area contributed by atoms with Crippen molar-refractivity contribution >= 4 is 11.6 Å². The summed E-state index contributed by atoms with van der Waals surface area (Å²) in [7, 11) is 1.53. The number of hydrogen-bond donors (Lipinski definition) is 0. The standard InChI is InChI=1S/C22H23F3N4O3/c1-14-5-7-17(18(10-14)31-2)32-13-20(30)28-9-3-4-15(11-28)21-27-26-19-8-6-16(12-29(19)21)22(23,24)25/h5-8,10,12,15H,3-4,9,11,13H2,1-2H3. The molecule has 7 nitrogen and oxygen atoms in total. The molecule has 0 N–H and O–H groups in total. The molecule has 1 fully saturated rings. The second-order valence-electron chi connectivity index (χ2n) is 7.82. The second kappa shape index (κ2) is 8.68. The maximum atomic E-state index is 13.1. The van der Waals surface area contributed by atoms with E-state index in [1.165, 1.54) is 17.6 Å². The molecule has 170 valence electrons. The van der Waals surface area contributed by atoms with E-state index in [1.54, 1.807) is 11.0 Å². The topological polar surface area (TPSA) is 69.0 Å². The first kappa shape index (κ1) is 21.9. The van der Waals surface area contributed by atoms with E-state index >= 15 is 0 Å². The number of alkyl halides is 3. The van der Waals surface area contributed by atoms with Crippen molar-refractivity contribution in [2.24, 2.45) is 0 Å². The number of methoxy groups -OCH3 is 1. The molecule has 0 radical (unpaired) electrons. The SMILES string of the molecule is COc1cc(C)ccc1OCC(=O)N1CCCC(c2nnc3ccc(C(F)(F)F)cn23)C1. The van der Waals surface area contributed by atoms with Gasteiger partial charge in [-0.3, -0.25) is 9.20 Å². The Kier molecular flexibility index (Phi) is 5.94. The first-order valence-corrected chi connectivity index (χ1v) is 10.2. The lowest BCUT2D eigenvalue weighted by Crippen LogP contribution is -2.42. The Bertz CT molecular complexity index is 1130. The van der Waals surface area contributed by atoms with E-state index in [9.17, 15) is 18.0 Å². The Morgan fingerprint density at radius 3 is 2.75 bits per heavy atom. The van der Waals surface area contributed by atoms with Gasteiger partial charge in [-0.25, -0.2) is 0 Å². The molecule has 0 spiro atoms. The van der Waals surface area contributed by atoms with Crippen LogP contribution in [0.2, 0.25) is 0 Å². The molecule has 1 atom stereocenters. The molecule has 0 aliphatic carbocycles. The number of fused-ring (bicyclic) bond motifs is 1. The highest BCUT2D eigenvalue weighted by molar-refractivity contribution is 5.78. The van der Waals surface area contributed by atoms with Crippen molar-refractivity contribution in [2.75, 3.05) is 26.8 Å². The van der Waals surface area contributed by atoms with Gasteiger partial charge in [-0.1, -0.05) is 6.07 Å². The maximum Gasteiger partial charge on any atom is 0.417 e. The number of piperidine rings is 1. The number of hydrogen-bond acceptors (Lipinski definition) is 5. The maximum absolute atomic E-state index is 13.1. The summed E-state index contributed by atoms with van der Waals surface area (Å²) in [4.78, 5) is 14.4. The average molecular weight is 448 g/mol. The van der Waals surface area contributed by atoms with Crippen LogP contribution in [-0.4, -0.2) is 52.2 Å². The highest BCUT2D eigenvalue weighted by atomic mass is 19.4. The van der Waals surface area contributed by atoms with Gasteiger partial charge in [0.05, 0.1) is 12.7 Å². The van der Waals surface area contributed by atoms with Crippen LogP contribution in [0, 0.1) is 6.92 Å². The highest BCUT2D eigenvalue weighted by Crippen LogP contribution is 2.32. The molecule has 10 heteroatoms. The number of amides is 1. The third-order valence-corrected chi connectivity index (χ3v) is 5.57. The third kappa shape index (κ3) is 4.49.